The first-order valence-corrected chi connectivity index (χ1v) is 5.19. The first-order chi connectivity index (χ1) is 8.49. The van der Waals surface area contributed by atoms with Crippen LogP contribution in [0.1, 0.15) is 22.7 Å². The quantitative estimate of drug-likeness (QED) is 0.919. The number of hydrogen-bond acceptors (Lipinski definition) is 3. The van der Waals surface area contributed by atoms with Crippen LogP contribution in [0.4, 0.5) is 13.2 Å². The van der Waals surface area contributed by atoms with Crippen LogP contribution < -0.4 is 0 Å². The second-order valence-electron chi connectivity index (χ2n) is 3.76. The van der Waals surface area contributed by atoms with E-state index in [-0.39, 0.29) is 13.0 Å². The molecule has 2 aromatic rings. The average molecular weight is 257 g/mol. The summed E-state index contributed by atoms with van der Waals surface area (Å²) in [5.41, 5.74) is 0.376. The Labute approximate surface area is 101 Å². The van der Waals surface area contributed by atoms with E-state index < -0.39 is 11.7 Å². The largest absolute Gasteiger partial charge is 0.448 e. The molecule has 0 amide bonds. The van der Waals surface area contributed by atoms with Gasteiger partial charge in [0.25, 0.3) is 0 Å². The summed E-state index contributed by atoms with van der Waals surface area (Å²) in [5.74, 6) is 0.360. The molecule has 0 atom stereocenters. The van der Waals surface area contributed by atoms with Crippen molar-refractivity contribution in [2.75, 3.05) is 0 Å². The third-order valence-electron chi connectivity index (χ3n) is 2.40. The molecule has 0 saturated heterocycles. The molecule has 1 aromatic carbocycles. The fourth-order valence-corrected chi connectivity index (χ4v) is 1.49. The van der Waals surface area contributed by atoms with Gasteiger partial charge in [0.05, 0.1) is 12.2 Å². The van der Waals surface area contributed by atoms with Gasteiger partial charge in [-0.3, -0.25) is 0 Å². The summed E-state index contributed by atoms with van der Waals surface area (Å²) in [7, 11) is 0. The van der Waals surface area contributed by atoms with Gasteiger partial charge in [0.2, 0.25) is 0 Å². The van der Waals surface area contributed by atoms with Gasteiger partial charge in [-0.1, -0.05) is 12.1 Å². The predicted molar refractivity (Wildman–Crippen MR) is 56.7 cm³/mol. The molecule has 0 fully saturated rings. The van der Waals surface area contributed by atoms with Crippen molar-refractivity contribution in [3.8, 4) is 0 Å². The number of rotatable bonds is 3. The molecule has 0 radical (unpaired) electrons. The van der Waals surface area contributed by atoms with E-state index in [0.717, 1.165) is 12.1 Å². The molecular formula is C12H10F3NO2. The monoisotopic (exact) mass is 257 g/mol. The normalized spacial score (nSPS) is 11.8. The number of alkyl halides is 3. The minimum atomic E-state index is -4.33. The van der Waals surface area contributed by atoms with Crippen LogP contribution in [0.25, 0.3) is 0 Å². The zero-order valence-electron chi connectivity index (χ0n) is 9.24. The van der Waals surface area contributed by atoms with Gasteiger partial charge in [-0.15, -0.1) is 0 Å². The Balaban J connectivity index is 2.11. The highest BCUT2D eigenvalue weighted by Gasteiger charge is 2.29. The molecule has 0 bridgehead atoms. The first-order valence-electron chi connectivity index (χ1n) is 5.19. The number of aliphatic hydroxyl groups is 1. The average Bonchev–Trinajstić information content (AvgIpc) is 2.76. The second kappa shape index (κ2) is 4.81. The lowest BCUT2D eigenvalue weighted by molar-refractivity contribution is -0.137. The van der Waals surface area contributed by atoms with Crippen molar-refractivity contribution in [1.82, 2.24) is 4.98 Å². The molecule has 0 unspecified atom stereocenters. The van der Waals surface area contributed by atoms with E-state index >= 15 is 0 Å². The molecule has 6 heteroatoms. The molecular weight excluding hydrogens is 247 g/mol. The lowest BCUT2D eigenvalue weighted by Gasteiger charge is -2.06. The SMILES string of the molecule is OCc1coc(Cc2ccc(C(F)(F)F)cc2)n1. The smallest absolute Gasteiger partial charge is 0.416 e. The Morgan fingerprint density at radius 2 is 1.83 bits per heavy atom. The maximum Gasteiger partial charge on any atom is 0.416 e. The van der Waals surface area contributed by atoms with Crippen LogP contribution in [0, 0.1) is 0 Å². The second-order valence-corrected chi connectivity index (χ2v) is 3.76. The third-order valence-corrected chi connectivity index (χ3v) is 2.40. The summed E-state index contributed by atoms with van der Waals surface area (Å²) in [6.45, 7) is -0.226. The van der Waals surface area contributed by atoms with Crippen molar-refractivity contribution in [2.45, 2.75) is 19.2 Å². The van der Waals surface area contributed by atoms with Gasteiger partial charge < -0.3 is 9.52 Å². The zero-order valence-corrected chi connectivity index (χ0v) is 9.24. The summed E-state index contributed by atoms with van der Waals surface area (Å²) in [4.78, 5) is 3.96. The van der Waals surface area contributed by atoms with E-state index in [4.69, 9.17) is 9.52 Å². The highest BCUT2D eigenvalue weighted by Crippen LogP contribution is 2.29. The Morgan fingerprint density at radius 1 is 1.17 bits per heavy atom. The van der Waals surface area contributed by atoms with Gasteiger partial charge in [0, 0.05) is 6.42 Å². The topological polar surface area (TPSA) is 46.3 Å². The van der Waals surface area contributed by atoms with Gasteiger partial charge in [-0.2, -0.15) is 13.2 Å². The Bertz CT molecular complexity index is 517. The summed E-state index contributed by atoms with van der Waals surface area (Å²) in [5, 5.41) is 8.80. The van der Waals surface area contributed by atoms with Crippen LogP contribution in [0.2, 0.25) is 0 Å². The Hall–Kier alpha value is -1.82. The van der Waals surface area contributed by atoms with E-state index in [1.54, 1.807) is 0 Å². The lowest BCUT2D eigenvalue weighted by Crippen LogP contribution is -2.04. The first kappa shape index (κ1) is 12.6. The molecule has 1 N–H and O–H groups in total. The van der Waals surface area contributed by atoms with Crippen LogP contribution >= 0.6 is 0 Å². The van der Waals surface area contributed by atoms with Gasteiger partial charge in [-0.05, 0) is 17.7 Å². The molecule has 0 aliphatic rings. The summed E-state index contributed by atoms with van der Waals surface area (Å²) < 4.78 is 42.1. The minimum Gasteiger partial charge on any atom is -0.448 e. The lowest BCUT2D eigenvalue weighted by atomic mass is 10.1. The van der Waals surface area contributed by atoms with Crippen molar-refractivity contribution in [3.05, 3.63) is 53.2 Å². The molecule has 0 saturated carbocycles. The van der Waals surface area contributed by atoms with Crippen LogP contribution in [0.5, 0.6) is 0 Å². The van der Waals surface area contributed by atoms with Gasteiger partial charge in [-0.25, -0.2) is 4.98 Å². The van der Waals surface area contributed by atoms with Crippen molar-refractivity contribution >= 4 is 0 Å². The van der Waals surface area contributed by atoms with Gasteiger partial charge in [0.1, 0.15) is 12.0 Å². The summed E-state index contributed by atoms with van der Waals surface area (Å²) >= 11 is 0. The van der Waals surface area contributed by atoms with E-state index in [9.17, 15) is 13.2 Å². The van der Waals surface area contributed by atoms with E-state index in [0.29, 0.717) is 17.1 Å². The Morgan fingerprint density at radius 3 is 2.33 bits per heavy atom. The van der Waals surface area contributed by atoms with Gasteiger partial charge in [0.15, 0.2) is 5.89 Å². The van der Waals surface area contributed by atoms with E-state index in [1.165, 1.54) is 18.4 Å². The van der Waals surface area contributed by atoms with Crippen molar-refractivity contribution < 1.29 is 22.7 Å². The molecule has 0 aliphatic heterocycles. The minimum absolute atomic E-state index is 0.226. The van der Waals surface area contributed by atoms with Crippen LogP contribution in [0.3, 0.4) is 0 Å². The molecule has 1 heterocycles. The number of aliphatic hydroxyl groups excluding tert-OH is 1. The molecule has 18 heavy (non-hydrogen) atoms. The highest BCUT2D eigenvalue weighted by molar-refractivity contribution is 5.26. The summed E-state index contributed by atoms with van der Waals surface area (Å²) in [6.07, 6.45) is -2.72. The van der Waals surface area contributed by atoms with Crippen molar-refractivity contribution in [3.63, 3.8) is 0 Å². The Kier molecular flexibility index (Phi) is 3.38. The van der Waals surface area contributed by atoms with Crippen LogP contribution in [0.15, 0.2) is 34.9 Å². The molecule has 96 valence electrons. The fourth-order valence-electron chi connectivity index (χ4n) is 1.49. The molecule has 0 spiro atoms. The standard InChI is InChI=1S/C12H10F3NO2/c13-12(14,15)9-3-1-8(2-4-9)5-11-16-10(6-17)7-18-11/h1-4,7,17H,5-6H2. The summed E-state index contributed by atoms with van der Waals surface area (Å²) in [6, 6.07) is 4.80. The number of nitrogens with zero attached hydrogens (tertiary/aromatic N) is 1. The van der Waals surface area contributed by atoms with Crippen molar-refractivity contribution in [1.29, 1.82) is 0 Å². The number of halogens is 3. The van der Waals surface area contributed by atoms with Crippen LogP contribution in [-0.4, -0.2) is 10.1 Å². The van der Waals surface area contributed by atoms with E-state index in [1.807, 2.05) is 0 Å². The molecule has 2 rings (SSSR count). The third kappa shape index (κ3) is 2.89. The predicted octanol–water partition coefficient (Wildman–Crippen LogP) is 2.78. The number of aromatic nitrogens is 1. The molecule has 3 nitrogen and oxygen atoms in total. The fraction of sp³-hybridized carbons (Fsp3) is 0.250. The van der Waals surface area contributed by atoms with Crippen LogP contribution in [-0.2, 0) is 19.2 Å². The number of hydrogen-bond donors (Lipinski definition) is 1. The maximum absolute atomic E-state index is 12.3. The zero-order chi connectivity index (χ0) is 13.2. The molecule has 1 aromatic heterocycles. The van der Waals surface area contributed by atoms with Gasteiger partial charge >= 0.3 is 6.18 Å². The number of benzene rings is 1. The maximum atomic E-state index is 12.3. The highest BCUT2D eigenvalue weighted by atomic mass is 19.4. The van der Waals surface area contributed by atoms with E-state index in [2.05, 4.69) is 4.98 Å². The number of oxazole rings is 1. The van der Waals surface area contributed by atoms with Crippen molar-refractivity contribution in [2.24, 2.45) is 0 Å². The molecule has 0 aliphatic carbocycles.